The van der Waals surface area contributed by atoms with Crippen LogP contribution in [0, 0.1) is 5.92 Å². The molecule has 0 spiro atoms. The van der Waals surface area contributed by atoms with Gasteiger partial charge < -0.3 is 5.32 Å². The SMILES string of the molecule is CC(C)CNC(=O)CCCS(C)(=O)=O. The van der Waals surface area contributed by atoms with E-state index in [0.29, 0.717) is 25.3 Å². The van der Waals surface area contributed by atoms with Crippen molar-refractivity contribution in [2.75, 3.05) is 18.6 Å². The summed E-state index contributed by atoms with van der Waals surface area (Å²) in [6, 6.07) is 0. The highest BCUT2D eigenvalue weighted by molar-refractivity contribution is 7.90. The van der Waals surface area contributed by atoms with Crippen LogP contribution in [0.5, 0.6) is 0 Å². The van der Waals surface area contributed by atoms with E-state index in [2.05, 4.69) is 5.32 Å². The molecular weight excluding hydrogens is 202 g/mol. The first kappa shape index (κ1) is 13.4. The van der Waals surface area contributed by atoms with Crippen LogP contribution in [0.2, 0.25) is 0 Å². The van der Waals surface area contributed by atoms with Crippen molar-refractivity contribution in [3.8, 4) is 0 Å². The van der Waals surface area contributed by atoms with E-state index in [1.807, 2.05) is 13.8 Å². The summed E-state index contributed by atoms with van der Waals surface area (Å²) in [6.45, 7) is 4.67. The van der Waals surface area contributed by atoms with E-state index >= 15 is 0 Å². The Morgan fingerprint density at radius 2 is 1.93 bits per heavy atom. The number of sulfone groups is 1. The molecule has 0 aromatic carbocycles. The van der Waals surface area contributed by atoms with Crippen molar-refractivity contribution in [3.63, 3.8) is 0 Å². The van der Waals surface area contributed by atoms with Gasteiger partial charge in [0.2, 0.25) is 5.91 Å². The molecule has 0 saturated heterocycles. The standard InChI is InChI=1S/C9H19NO3S/c1-8(2)7-10-9(11)5-4-6-14(3,12)13/h8H,4-7H2,1-3H3,(H,10,11). The third-order valence-electron chi connectivity index (χ3n) is 1.63. The molecule has 14 heavy (non-hydrogen) atoms. The summed E-state index contributed by atoms with van der Waals surface area (Å²) < 4.78 is 21.5. The summed E-state index contributed by atoms with van der Waals surface area (Å²) in [6.07, 6.45) is 1.88. The number of nitrogens with one attached hydrogen (secondary N) is 1. The van der Waals surface area contributed by atoms with Gasteiger partial charge in [-0.1, -0.05) is 13.8 Å². The Labute approximate surface area is 86.0 Å². The zero-order valence-corrected chi connectivity index (χ0v) is 9.86. The Morgan fingerprint density at radius 1 is 1.36 bits per heavy atom. The van der Waals surface area contributed by atoms with Crippen molar-refractivity contribution in [3.05, 3.63) is 0 Å². The summed E-state index contributed by atoms with van der Waals surface area (Å²) in [5.74, 6) is 0.443. The van der Waals surface area contributed by atoms with E-state index in [0.717, 1.165) is 0 Å². The number of carbonyl (C=O) groups excluding carboxylic acids is 1. The Kier molecular flexibility index (Phi) is 5.76. The largest absolute Gasteiger partial charge is 0.356 e. The van der Waals surface area contributed by atoms with Crippen molar-refractivity contribution >= 4 is 15.7 Å². The van der Waals surface area contributed by atoms with E-state index in [1.165, 1.54) is 6.26 Å². The van der Waals surface area contributed by atoms with Crippen LogP contribution in [0.25, 0.3) is 0 Å². The van der Waals surface area contributed by atoms with Crippen molar-refractivity contribution in [2.24, 2.45) is 5.92 Å². The molecule has 84 valence electrons. The lowest BCUT2D eigenvalue weighted by atomic mass is 10.2. The van der Waals surface area contributed by atoms with Crippen molar-refractivity contribution < 1.29 is 13.2 Å². The predicted octanol–water partition coefficient (Wildman–Crippen LogP) is 0.583. The fourth-order valence-electron chi connectivity index (χ4n) is 0.901. The number of carbonyl (C=O) groups is 1. The number of rotatable bonds is 6. The van der Waals surface area contributed by atoms with E-state index in [4.69, 9.17) is 0 Å². The van der Waals surface area contributed by atoms with Gasteiger partial charge in [-0.2, -0.15) is 0 Å². The van der Waals surface area contributed by atoms with Crippen LogP contribution in [0.3, 0.4) is 0 Å². The minimum atomic E-state index is -2.93. The Hall–Kier alpha value is -0.580. The van der Waals surface area contributed by atoms with Crippen LogP contribution >= 0.6 is 0 Å². The molecule has 0 aliphatic heterocycles. The molecule has 0 saturated carbocycles. The second-order valence-electron chi connectivity index (χ2n) is 3.93. The highest BCUT2D eigenvalue weighted by Crippen LogP contribution is 1.95. The minimum absolute atomic E-state index is 0.0673. The molecular formula is C9H19NO3S. The number of amides is 1. The quantitative estimate of drug-likeness (QED) is 0.713. The molecule has 0 atom stereocenters. The molecule has 0 aromatic rings. The highest BCUT2D eigenvalue weighted by Gasteiger charge is 2.05. The lowest BCUT2D eigenvalue weighted by Gasteiger charge is -2.06. The van der Waals surface area contributed by atoms with E-state index in [9.17, 15) is 13.2 Å². The Morgan fingerprint density at radius 3 is 2.36 bits per heavy atom. The summed E-state index contributed by atoms with van der Waals surface area (Å²) >= 11 is 0. The summed E-state index contributed by atoms with van der Waals surface area (Å²) in [5, 5.41) is 2.73. The van der Waals surface area contributed by atoms with Crippen LogP contribution in [-0.2, 0) is 14.6 Å². The minimum Gasteiger partial charge on any atom is -0.356 e. The molecule has 1 amide bonds. The first-order chi connectivity index (χ1) is 6.31. The van der Waals surface area contributed by atoms with Gasteiger partial charge in [-0.3, -0.25) is 4.79 Å². The molecule has 0 rings (SSSR count). The van der Waals surface area contributed by atoms with E-state index in [1.54, 1.807) is 0 Å². The van der Waals surface area contributed by atoms with Gasteiger partial charge >= 0.3 is 0 Å². The van der Waals surface area contributed by atoms with Crippen LogP contribution in [0.4, 0.5) is 0 Å². The van der Waals surface area contributed by atoms with Crippen LogP contribution in [0.15, 0.2) is 0 Å². The molecule has 0 unspecified atom stereocenters. The average Bonchev–Trinajstić information content (AvgIpc) is 1.98. The fraction of sp³-hybridized carbons (Fsp3) is 0.889. The zero-order chi connectivity index (χ0) is 11.2. The maximum Gasteiger partial charge on any atom is 0.220 e. The van der Waals surface area contributed by atoms with Gasteiger partial charge in [0, 0.05) is 19.2 Å². The van der Waals surface area contributed by atoms with Gasteiger partial charge in [-0.25, -0.2) is 8.42 Å². The summed E-state index contributed by atoms with van der Waals surface area (Å²) in [5.41, 5.74) is 0. The molecule has 0 heterocycles. The predicted molar refractivity (Wildman–Crippen MR) is 56.8 cm³/mol. The monoisotopic (exact) mass is 221 g/mol. The van der Waals surface area contributed by atoms with E-state index < -0.39 is 9.84 Å². The van der Waals surface area contributed by atoms with Gasteiger partial charge in [0.25, 0.3) is 0 Å². The highest BCUT2D eigenvalue weighted by atomic mass is 32.2. The topological polar surface area (TPSA) is 63.2 Å². The van der Waals surface area contributed by atoms with E-state index in [-0.39, 0.29) is 11.7 Å². The van der Waals surface area contributed by atoms with Gasteiger partial charge in [-0.15, -0.1) is 0 Å². The maximum atomic E-state index is 11.1. The lowest BCUT2D eigenvalue weighted by molar-refractivity contribution is -0.121. The molecule has 4 nitrogen and oxygen atoms in total. The number of hydrogen-bond acceptors (Lipinski definition) is 3. The van der Waals surface area contributed by atoms with Gasteiger partial charge in [0.1, 0.15) is 9.84 Å². The van der Waals surface area contributed by atoms with Crippen LogP contribution < -0.4 is 5.32 Å². The smallest absolute Gasteiger partial charge is 0.220 e. The Balaban J connectivity index is 3.55. The van der Waals surface area contributed by atoms with Gasteiger partial charge in [0.05, 0.1) is 5.75 Å². The second kappa shape index (κ2) is 6.01. The van der Waals surface area contributed by atoms with Crippen molar-refractivity contribution in [1.82, 2.24) is 5.32 Å². The molecule has 0 bridgehead atoms. The third-order valence-corrected chi connectivity index (χ3v) is 2.66. The van der Waals surface area contributed by atoms with Gasteiger partial charge in [0.15, 0.2) is 0 Å². The number of hydrogen-bond donors (Lipinski definition) is 1. The Bertz CT molecular complexity index is 270. The van der Waals surface area contributed by atoms with Gasteiger partial charge in [-0.05, 0) is 12.3 Å². The van der Waals surface area contributed by atoms with Crippen LogP contribution in [-0.4, -0.2) is 32.9 Å². The summed E-state index contributed by atoms with van der Waals surface area (Å²) in [7, 11) is -2.93. The zero-order valence-electron chi connectivity index (χ0n) is 9.04. The normalized spacial score (nSPS) is 11.7. The first-order valence-corrected chi connectivity index (χ1v) is 6.81. The molecule has 0 aliphatic rings. The molecule has 5 heteroatoms. The molecule has 0 radical (unpaired) electrons. The average molecular weight is 221 g/mol. The van der Waals surface area contributed by atoms with Crippen molar-refractivity contribution in [1.29, 1.82) is 0 Å². The molecule has 0 aliphatic carbocycles. The lowest BCUT2D eigenvalue weighted by Crippen LogP contribution is -2.27. The maximum absolute atomic E-state index is 11.1. The fourth-order valence-corrected chi connectivity index (χ4v) is 1.57. The molecule has 0 fully saturated rings. The van der Waals surface area contributed by atoms with Crippen molar-refractivity contribution in [2.45, 2.75) is 26.7 Å². The molecule has 1 N–H and O–H groups in total. The first-order valence-electron chi connectivity index (χ1n) is 4.75. The summed E-state index contributed by atoms with van der Waals surface area (Å²) in [4.78, 5) is 11.1. The third kappa shape index (κ3) is 9.51. The molecule has 0 aromatic heterocycles. The second-order valence-corrected chi connectivity index (χ2v) is 6.19. The van der Waals surface area contributed by atoms with Crippen LogP contribution in [0.1, 0.15) is 26.7 Å².